The molecule has 0 spiro atoms. The molecular weight excluding hydrogens is 386 g/mol. The number of pyridine rings is 1. The van der Waals surface area contributed by atoms with Gasteiger partial charge in [0.05, 0.1) is 0 Å². The highest BCUT2D eigenvalue weighted by Gasteiger charge is 2.20. The number of nitrogens with one attached hydrogen (secondary N) is 1. The summed E-state index contributed by atoms with van der Waals surface area (Å²) in [6, 6.07) is 14.8. The number of benzene rings is 1. The second kappa shape index (κ2) is 11.1. The van der Waals surface area contributed by atoms with Crippen LogP contribution in [0.4, 0.5) is 10.6 Å². The van der Waals surface area contributed by atoms with Gasteiger partial charge in [0.25, 0.3) is 0 Å². The number of hydrogen-bond donors (Lipinski definition) is 1. The molecule has 0 unspecified atom stereocenters. The third kappa shape index (κ3) is 6.44. The summed E-state index contributed by atoms with van der Waals surface area (Å²) in [5, 5.41) is 3.11. The van der Waals surface area contributed by atoms with Crippen LogP contribution >= 0.6 is 0 Å². The highest BCUT2D eigenvalue weighted by atomic mass is 16.2. The minimum Gasteiger partial charge on any atom is -0.357 e. The first-order valence-electron chi connectivity index (χ1n) is 11.8. The molecule has 6 heteroatoms. The van der Waals surface area contributed by atoms with Crippen LogP contribution in [0.3, 0.4) is 0 Å². The van der Waals surface area contributed by atoms with Gasteiger partial charge in [0.15, 0.2) is 0 Å². The van der Waals surface area contributed by atoms with E-state index in [-0.39, 0.29) is 6.03 Å². The molecule has 4 rings (SSSR count). The summed E-state index contributed by atoms with van der Waals surface area (Å²) in [6.07, 6.45) is 8.03. The summed E-state index contributed by atoms with van der Waals surface area (Å²) in [6.45, 7) is 7.22. The average Bonchev–Trinajstić information content (AvgIpc) is 3.12. The number of anilines is 1. The van der Waals surface area contributed by atoms with Gasteiger partial charge in [0.1, 0.15) is 5.82 Å². The van der Waals surface area contributed by atoms with Crippen LogP contribution in [0.5, 0.6) is 0 Å². The first-order chi connectivity index (χ1) is 15.3. The van der Waals surface area contributed by atoms with Crippen LogP contribution < -0.4 is 10.2 Å². The van der Waals surface area contributed by atoms with Gasteiger partial charge in [-0.1, -0.05) is 43.2 Å². The van der Waals surface area contributed by atoms with Gasteiger partial charge in [-0.05, 0) is 42.5 Å². The van der Waals surface area contributed by atoms with E-state index in [1.807, 2.05) is 17.2 Å². The molecule has 0 bridgehead atoms. The average molecular weight is 422 g/mol. The minimum atomic E-state index is 0.0378. The van der Waals surface area contributed by atoms with Gasteiger partial charge in [-0.15, -0.1) is 0 Å². The van der Waals surface area contributed by atoms with Crippen LogP contribution in [0, 0.1) is 0 Å². The van der Waals surface area contributed by atoms with E-state index in [0.717, 1.165) is 63.6 Å². The van der Waals surface area contributed by atoms with Crippen molar-refractivity contribution in [2.24, 2.45) is 0 Å². The van der Waals surface area contributed by atoms with Crippen LogP contribution in [0.2, 0.25) is 0 Å². The molecule has 0 aliphatic carbocycles. The molecular formula is C25H35N5O. The van der Waals surface area contributed by atoms with Crippen molar-refractivity contribution in [3.63, 3.8) is 0 Å². The molecule has 2 aliphatic rings. The van der Waals surface area contributed by atoms with Crippen molar-refractivity contribution in [3.8, 4) is 0 Å². The molecule has 0 atom stereocenters. The predicted molar refractivity (Wildman–Crippen MR) is 125 cm³/mol. The number of hydrogen-bond acceptors (Lipinski definition) is 4. The SMILES string of the molecule is O=C(NCc1ccnc(N2CCCCCC2)c1)N1CCN(CCc2ccccc2)CC1. The Kier molecular flexibility index (Phi) is 7.77. The lowest BCUT2D eigenvalue weighted by molar-refractivity contribution is 0.140. The van der Waals surface area contributed by atoms with E-state index in [9.17, 15) is 4.79 Å². The third-order valence-corrected chi connectivity index (χ3v) is 6.40. The summed E-state index contributed by atoms with van der Waals surface area (Å²) in [7, 11) is 0. The van der Waals surface area contributed by atoms with Gasteiger partial charge < -0.3 is 15.1 Å². The lowest BCUT2D eigenvalue weighted by Gasteiger charge is -2.34. The number of piperazine rings is 1. The van der Waals surface area contributed by atoms with Crippen LogP contribution in [-0.4, -0.2) is 66.6 Å². The second-order valence-corrected chi connectivity index (χ2v) is 8.65. The van der Waals surface area contributed by atoms with Crippen molar-refractivity contribution >= 4 is 11.8 Å². The highest BCUT2D eigenvalue weighted by Crippen LogP contribution is 2.18. The molecule has 2 aromatic rings. The topological polar surface area (TPSA) is 51.7 Å². The Morgan fingerprint density at radius 2 is 1.61 bits per heavy atom. The molecule has 166 valence electrons. The molecule has 1 N–H and O–H groups in total. The standard InChI is InChI=1S/C25H35N5O/c31-25(30-18-16-28(17-19-30)15-11-22-8-4-3-5-9-22)27-21-23-10-12-26-24(20-23)29-13-6-1-2-7-14-29/h3-5,8-10,12,20H,1-2,6-7,11,13-19,21H2,(H,27,31). The minimum absolute atomic E-state index is 0.0378. The van der Waals surface area contributed by atoms with Crippen molar-refractivity contribution in [1.82, 2.24) is 20.1 Å². The number of carbonyl (C=O) groups is 1. The molecule has 1 aromatic carbocycles. The fourth-order valence-corrected chi connectivity index (χ4v) is 4.44. The molecule has 0 saturated carbocycles. The van der Waals surface area contributed by atoms with E-state index in [4.69, 9.17) is 0 Å². The molecule has 6 nitrogen and oxygen atoms in total. The zero-order valence-electron chi connectivity index (χ0n) is 18.5. The molecule has 2 fully saturated rings. The van der Waals surface area contributed by atoms with E-state index in [1.54, 1.807) is 0 Å². The zero-order chi connectivity index (χ0) is 21.3. The maximum atomic E-state index is 12.7. The van der Waals surface area contributed by atoms with E-state index in [1.165, 1.54) is 31.2 Å². The lowest BCUT2D eigenvalue weighted by Crippen LogP contribution is -2.51. The van der Waals surface area contributed by atoms with Crippen LogP contribution in [0.25, 0.3) is 0 Å². The number of nitrogens with zero attached hydrogens (tertiary/aromatic N) is 4. The van der Waals surface area contributed by atoms with Crippen molar-refractivity contribution in [1.29, 1.82) is 0 Å². The Morgan fingerprint density at radius 3 is 2.35 bits per heavy atom. The Balaban J connectivity index is 1.20. The number of urea groups is 1. The zero-order valence-corrected chi connectivity index (χ0v) is 18.5. The van der Waals surface area contributed by atoms with Gasteiger partial charge >= 0.3 is 6.03 Å². The molecule has 3 heterocycles. The van der Waals surface area contributed by atoms with Crippen LogP contribution in [0.15, 0.2) is 48.7 Å². The lowest BCUT2D eigenvalue weighted by atomic mass is 10.1. The molecule has 2 amide bonds. The maximum absolute atomic E-state index is 12.7. The molecule has 2 saturated heterocycles. The normalized spacial score (nSPS) is 17.9. The molecule has 2 aliphatic heterocycles. The highest BCUT2D eigenvalue weighted by molar-refractivity contribution is 5.74. The summed E-state index contributed by atoms with van der Waals surface area (Å²) < 4.78 is 0. The first kappa shape index (κ1) is 21.6. The second-order valence-electron chi connectivity index (χ2n) is 8.65. The summed E-state index contributed by atoms with van der Waals surface area (Å²) in [5.41, 5.74) is 2.49. The smallest absolute Gasteiger partial charge is 0.317 e. The van der Waals surface area contributed by atoms with E-state index >= 15 is 0 Å². The largest absolute Gasteiger partial charge is 0.357 e. The van der Waals surface area contributed by atoms with Crippen molar-refractivity contribution in [2.45, 2.75) is 38.6 Å². The van der Waals surface area contributed by atoms with Gasteiger partial charge in [-0.25, -0.2) is 9.78 Å². The molecule has 31 heavy (non-hydrogen) atoms. The first-order valence-corrected chi connectivity index (χ1v) is 11.8. The number of carbonyl (C=O) groups excluding carboxylic acids is 1. The van der Waals surface area contributed by atoms with Crippen molar-refractivity contribution in [2.75, 3.05) is 50.7 Å². The summed E-state index contributed by atoms with van der Waals surface area (Å²) in [4.78, 5) is 24.0. The third-order valence-electron chi connectivity index (χ3n) is 6.40. The van der Waals surface area contributed by atoms with Gasteiger partial charge in [0, 0.05) is 58.6 Å². The quantitative estimate of drug-likeness (QED) is 0.775. The summed E-state index contributed by atoms with van der Waals surface area (Å²) >= 11 is 0. The van der Waals surface area contributed by atoms with E-state index in [2.05, 4.69) is 56.5 Å². The van der Waals surface area contributed by atoms with Crippen molar-refractivity contribution in [3.05, 3.63) is 59.8 Å². The van der Waals surface area contributed by atoms with Crippen LogP contribution in [0.1, 0.15) is 36.8 Å². The predicted octanol–water partition coefficient (Wildman–Crippen LogP) is 3.53. The Hall–Kier alpha value is -2.60. The van der Waals surface area contributed by atoms with Crippen molar-refractivity contribution < 1.29 is 4.79 Å². The summed E-state index contributed by atoms with van der Waals surface area (Å²) in [5.74, 6) is 1.04. The number of amides is 2. The molecule has 0 radical (unpaired) electrons. The number of aromatic nitrogens is 1. The maximum Gasteiger partial charge on any atom is 0.317 e. The number of rotatable bonds is 6. The fourth-order valence-electron chi connectivity index (χ4n) is 4.44. The Bertz CT molecular complexity index is 812. The van der Waals surface area contributed by atoms with Gasteiger partial charge in [0.2, 0.25) is 0 Å². The van der Waals surface area contributed by atoms with E-state index in [0.29, 0.717) is 6.54 Å². The monoisotopic (exact) mass is 421 g/mol. The Labute approximate surface area is 186 Å². The van der Waals surface area contributed by atoms with E-state index < -0.39 is 0 Å². The Morgan fingerprint density at radius 1 is 0.871 bits per heavy atom. The molecule has 1 aromatic heterocycles. The fraction of sp³-hybridized carbons (Fsp3) is 0.520. The van der Waals surface area contributed by atoms with Gasteiger partial charge in [-0.3, -0.25) is 4.90 Å². The van der Waals surface area contributed by atoms with Gasteiger partial charge in [-0.2, -0.15) is 0 Å². The van der Waals surface area contributed by atoms with Crippen LogP contribution in [-0.2, 0) is 13.0 Å².